The maximum Gasteiger partial charge on any atom is 0.324 e. The Morgan fingerprint density at radius 2 is 2.30 bits per heavy atom. The molecule has 0 heterocycles. The third-order valence-corrected chi connectivity index (χ3v) is 1.29. The summed E-state index contributed by atoms with van der Waals surface area (Å²) < 4.78 is 0. The highest BCUT2D eigenvalue weighted by Gasteiger charge is 2.03. The second kappa shape index (κ2) is 4.80. The highest BCUT2D eigenvalue weighted by atomic mass is 16.2. The van der Waals surface area contributed by atoms with Gasteiger partial charge in [-0.15, -0.1) is 0 Å². The average Bonchev–Trinajstić information content (AvgIpc) is 1.98. The van der Waals surface area contributed by atoms with Gasteiger partial charge in [0.1, 0.15) is 0 Å². The number of unbranched alkanes of at least 4 members (excludes halogenated alkanes) is 1. The molecule has 0 saturated carbocycles. The Labute approximate surface area is 61.2 Å². The van der Waals surface area contributed by atoms with Gasteiger partial charge in [0.05, 0.1) is 0 Å². The highest BCUT2D eigenvalue weighted by Crippen LogP contribution is 1.90. The lowest BCUT2D eigenvalue weighted by Gasteiger charge is -2.10. The van der Waals surface area contributed by atoms with Crippen LogP contribution in [-0.2, 0) is 4.79 Å². The normalized spacial score (nSPS) is 8.50. The maximum atomic E-state index is 10.6. The van der Waals surface area contributed by atoms with E-state index in [2.05, 4.69) is 0 Å². The smallest absolute Gasteiger partial charge is 0.324 e. The monoisotopic (exact) mass is 140 g/mol. The number of rotatable bonds is 3. The third kappa shape index (κ3) is 3.08. The van der Waals surface area contributed by atoms with Crippen LogP contribution in [0, 0.1) is 11.3 Å². The van der Waals surface area contributed by atoms with Crippen molar-refractivity contribution < 1.29 is 4.79 Å². The Bertz CT molecular complexity index is 148. The van der Waals surface area contributed by atoms with Crippen molar-refractivity contribution >= 4 is 5.91 Å². The minimum Gasteiger partial charge on any atom is -0.333 e. The van der Waals surface area contributed by atoms with Gasteiger partial charge >= 0.3 is 5.91 Å². The molecule has 0 aliphatic carbocycles. The van der Waals surface area contributed by atoms with Gasteiger partial charge in [-0.2, -0.15) is 5.26 Å². The summed E-state index contributed by atoms with van der Waals surface area (Å²) in [5.74, 6) is -0.451. The van der Waals surface area contributed by atoms with Crippen LogP contribution in [0.15, 0.2) is 0 Å². The summed E-state index contributed by atoms with van der Waals surface area (Å²) in [5, 5.41) is 8.16. The molecule has 0 unspecified atom stereocenters. The van der Waals surface area contributed by atoms with Gasteiger partial charge in [0.25, 0.3) is 0 Å². The lowest BCUT2D eigenvalue weighted by atomic mass is 10.3. The molecule has 0 aliphatic rings. The average molecular weight is 140 g/mol. The van der Waals surface area contributed by atoms with Crippen molar-refractivity contribution in [1.82, 2.24) is 4.90 Å². The van der Waals surface area contributed by atoms with Gasteiger partial charge in [0, 0.05) is 13.6 Å². The Balaban J connectivity index is 3.54. The zero-order valence-electron chi connectivity index (χ0n) is 6.42. The number of nitrogens with zero attached hydrogens (tertiary/aromatic N) is 2. The van der Waals surface area contributed by atoms with Crippen molar-refractivity contribution in [3.05, 3.63) is 0 Å². The van der Waals surface area contributed by atoms with Crippen molar-refractivity contribution in [2.24, 2.45) is 0 Å². The minimum absolute atomic E-state index is 0.451. The quantitative estimate of drug-likeness (QED) is 0.543. The van der Waals surface area contributed by atoms with Crippen molar-refractivity contribution in [1.29, 1.82) is 5.26 Å². The van der Waals surface area contributed by atoms with E-state index in [4.69, 9.17) is 5.26 Å². The molecule has 3 heteroatoms. The molecule has 0 spiro atoms. The lowest BCUT2D eigenvalue weighted by molar-refractivity contribution is -0.124. The first kappa shape index (κ1) is 8.96. The Hall–Kier alpha value is -1.04. The highest BCUT2D eigenvalue weighted by molar-refractivity contribution is 5.90. The molecule has 56 valence electrons. The zero-order valence-corrected chi connectivity index (χ0v) is 6.42. The Kier molecular flexibility index (Phi) is 4.30. The van der Waals surface area contributed by atoms with Crippen LogP contribution in [0.4, 0.5) is 0 Å². The topological polar surface area (TPSA) is 44.1 Å². The van der Waals surface area contributed by atoms with Crippen LogP contribution >= 0.6 is 0 Å². The summed E-state index contributed by atoms with van der Waals surface area (Å²) in [5.41, 5.74) is 0. The number of hydrogen-bond donors (Lipinski definition) is 0. The van der Waals surface area contributed by atoms with Crippen molar-refractivity contribution in [2.75, 3.05) is 13.6 Å². The Morgan fingerprint density at radius 1 is 1.70 bits per heavy atom. The SMILES string of the molecule is CCCCN(C)C(=O)C#N. The molecule has 0 radical (unpaired) electrons. The molecular weight excluding hydrogens is 128 g/mol. The first-order valence-electron chi connectivity index (χ1n) is 3.37. The van der Waals surface area contributed by atoms with E-state index in [-0.39, 0.29) is 0 Å². The van der Waals surface area contributed by atoms with Crippen LogP contribution in [0.25, 0.3) is 0 Å². The fourth-order valence-corrected chi connectivity index (χ4v) is 0.582. The largest absolute Gasteiger partial charge is 0.333 e. The van der Waals surface area contributed by atoms with Crippen LogP contribution in [-0.4, -0.2) is 24.4 Å². The molecule has 0 bridgehead atoms. The third-order valence-electron chi connectivity index (χ3n) is 1.29. The molecule has 10 heavy (non-hydrogen) atoms. The van der Waals surface area contributed by atoms with E-state index in [1.807, 2.05) is 6.92 Å². The summed E-state index contributed by atoms with van der Waals surface area (Å²) in [7, 11) is 1.64. The number of amides is 1. The fraction of sp³-hybridized carbons (Fsp3) is 0.714. The van der Waals surface area contributed by atoms with E-state index in [1.165, 1.54) is 4.90 Å². The van der Waals surface area contributed by atoms with Gasteiger partial charge in [-0.25, -0.2) is 0 Å². The first-order valence-corrected chi connectivity index (χ1v) is 3.37. The summed E-state index contributed by atoms with van der Waals surface area (Å²) in [6.45, 7) is 2.73. The molecule has 0 aromatic carbocycles. The molecular formula is C7H12N2O. The van der Waals surface area contributed by atoms with Crippen LogP contribution in [0.5, 0.6) is 0 Å². The van der Waals surface area contributed by atoms with Gasteiger partial charge in [-0.1, -0.05) is 13.3 Å². The van der Waals surface area contributed by atoms with Crippen molar-refractivity contribution in [3.63, 3.8) is 0 Å². The van der Waals surface area contributed by atoms with E-state index in [1.54, 1.807) is 13.1 Å². The van der Waals surface area contributed by atoms with Crippen LogP contribution in [0.3, 0.4) is 0 Å². The molecule has 0 aromatic rings. The van der Waals surface area contributed by atoms with Gasteiger partial charge < -0.3 is 4.90 Å². The van der Waals surface area contributed by atoms with E-state index in [0.717, 1.165) is 12.8 Å². The molecule has 0 rings (SSSR count). The summed E-state index contributed by atoms with van der Waals surface area (Å²) in [6.07, 6.45) is 2.01. The Morgan fingerprint density at radius 3 is 2.70 bits per heavy atom. The number of hydrogen-bond acceptors (Lipinski definition) is 2. The van der Waals surface area contributed by atoms with Crippen LogP contribution in [0.2, 0.25) is 0 Å². The molecule has 3 nitrogen and oxygen atoms in total. The standard InChI is InChI=1S/C7H12N2O/c1-3-4-5-9(2)7(10)6-8/h3-5H2,1-2H3. The van der Waals surface area contributed by atoms with E-state index in [0.29, 0.717) is 6.54 Å². The zero-order chi connectivity index (χ0) is 7.98. The number of carbonyl (C=O) groups excluding carboxylic acids is 1. The number of carbonyl (C=O) groups is 1. The molecule has 0 N–H and O–H groups in total. The number of nitriles is 1. The summed E-state index contributed by atoms with van der Waals surface area (Å²) in [4.78, 5) is 12.0. The first-order chi connectivity index (χ1) is 4.72. The molecule has 0 aromatic heterocycles. The summed E-state index contributed by atoms with van der Waals surface area (Å²) in [6, 6.07) is 1.56. The molecule has 0 atom stereocenters. The van der Waals surface area contributed by atoms with Gasteiger partial charge in [0.2, 0.25) is 0 Å². The second-order valence-electron chi connectivity index (χ2n) is 2.19. The van der Waals surface area contributed by atoms with Gasteiger partial charge in [-0.3, -0.25) is 4.79 Å². The fourth-order valence-electron chi connectivity index (χ4n) is 0.582. The predicted octanol–water partition coefficient (Wildman–Crippen LogP) is 0.768. The molecule has 0 fully saturated rings. The second-order valence-corrected chi connectivity index (χ2v) is 2.19. The summed E-state index contributed by atoms with van der Waals surface area (Å²) >= 11 is 0. The van der Waals surface area contributed by atoms with E-state index in [9.17, 15) is 4.79 Å². The lowest BCUT2D eigenvalue weighted by Crippen LogP contribution is -2.25. The molecule has 0 saturated heterocycles. The van der Waals surface area contributed by atoms with E-state index < -0.39 is 5.91 Å². The van der Waals surface area contributed by atoms with Gasteiger partial charge in [0.15, 0.2) is 6.07 Å². The van der Waals surface area contributed by atoms with Gasteiger partial charge in [-0.05, 0) is 6.42 Å². The molecule has 0 aliphatic heterocycles. The predicted molar refractivity (Wildman–Crippen MR) is 38.2 cm³/mol. The van der Waals surface area contributed by atoms with Crippen LogP contribution in [0.1, 0.15) is 19.8 Å². The van der Waals surface area contributed by atoms with Crippen molar-refractivity contribution in [2.45, 2.75) is 19.8 Å². The van der Waals surface area contributed by atoms with Crippen LogP contribution < -0.4 is 0 Å². The van der Waals surface area contributed by atoms with E-state index >= 15 is 0 Å². The molecule has 1 amide bonds. The van der Waals surface area contributed by atoms with Crippen molar-refractivity contribution in [3.8, 4) is 6.07 Å². The minimum atomic E-state index is -0.451. The maximum absolute atomic E-state index is 10.6.